The molecule has 0 aromatic heterocycles. The number of hydrogen-bond acceptors (Lipinski definition) is 7. The van der Waals surface area contributed by atoms with Crippen LogP contribution >= 0.6 is 0 Å². The van der Waals surface area contributed by atoms with Crippen LogP contribution in [0.25, 0.3) is 0 Å². The Balaban J connectivity index is 1.88. The number of benzene rings is 1. The van der Waals surface area contributed by atoms with Crippen LogP contribution in [0.3, 0.4) is 0 Å². The maximum Gasteiger partial charge on any atom is 0.307 e. The van der Waals surface area contributed by atoms with Gasteiger partial charge in [0, 0.05) is 38.8 Å². The first-order valence-electron chi connectivity index (χ1n) is 9.04. The number of esters is 1. The van der Waals surface area contributed by atoms with Crippen molar-refractivity contribution in [3.8, 4) is 11.5 Å². The molecule has 1 heterocycles. The van der Waals surface area contributed by atoms with Crippen molar-refractivity contribution in [1.29, 1.82) is 0 Å². The second kappa shape index (κ2) is 11.4. The normalized spacial score (nSPS) is 14.4. The number of rotatable bonds is 10. The smallest absolute Gasteiger partial charge is 0.307 e. The van der Waals surface area contributed by atoms with Crippen LogP contribution in [-0.2, 0) is 19.1 Å². The SMILES string of the molecule is COC(=O)CCN(CCN1CCOCC1)C(=O)COc1cccc(OC)c1. The van der Waals surface area contributed by atoms with Crippen LogP contribution in [0.4, 0.5) is 0 Å². The van der Waals surface area contributed by atoms with Gasteiger partial charge in [-0.15, -0.1) is 0 Å². The van der Waals surface area contributed by atoms with E-state index >= 15 is 0 Å². The number of amides is 1. The largest absolute Gasteiger partial charge is 0.497 e. The summed E-state index contributed by atoms with van der Waals surface area (Å²) in [6.45, 7) is 4.56. The van der Waals surface area contributed by atoms with Gasteiger partial charge in [-0.2, -0.15) is 0 Å². The minimum absolute atomic E-state index is 0.0998. The van der Waals surface area contributed by atoms with Crippen molar-refractivity contribution in [2.24, 2.45) is 0 Å². The van der Waals surface area contributed by atoms with E-state index in [1.807, 2.05) is 0 Å². The van der Waals surface area contributed by atoms with Gasteiger partial charge in [0.25, 0.3) is 5.91 Å². The van der Waals surface area contributed by atoms with E-state index in [0.717, 1.165) is 19.6 Å². The zero-order valence-corrected chi connectivity index (χ0v) is 16.0. The summed E-state index contributed by atoms with van der Waals surface area (Å²) in [5.74, 6) is 0.710. The molecule has 1 amide bonds. The Morgan fingerprint density at radius 3 is 2.59 bits per heavy atom. The predicted octanol–water partition coefficient (Wildman–Crippen LogP) is 0.798. The van der Waals surface area contributed by atoms with Crippen LogP contribution in [0.1, 0.15) is 6.42 Å². The van der Waals surface area contributed by atoms with Crippen LogP contribution in [0.5, 0.6) is 11.5 Å². The Labute approximate surface area is 159 Å². The molecule has 0 bridgehead atoms. The summed E-state index contributed by atoms with van der Waals surface area (Å²) < 4.78 is 20.8. The van der Waals surface area contributed by atoms with Gasteiger partial charge in [0.15, 0.2) is 6.61 Å². The monoisotopic (exact) mass is 380 g/mol. The first-order chi connectivity index (χ1) is 13.1. The molecule has 0 saturated carbocycles. The van der Waals surface area contributed by atoms with Crippen molar-refractivity contribution < 1.29 is 28.5 Å². The molecule has 1 aliphatic heterocycles. The lowest BCUT2D eigenvalue weighted by Crippen LogP contribution is -2.44. The number of nitrogens with zero attached hydrogens (tertiary/aromatic N) is 2. The summed E-state index contributed by atoms with van der Waals surface area (Å²) in [4.78, 5) is 28.0. The third kappa shape index (κ3) is 7.44. The number of morpholine rings is 1. The third-order valence-electron chi connectivity index (χ3n) is 4.36. The van der Waals surface area contributed by atoms with Gasteiger partial charge in [-0.25, -0.2) is 0 Å². The van der Waals surface area contributed by atoms with E-state index < -0.39 is 0 Å². The Hall–Kier alpha value is -2.32. The fourth-order valence-corrected chi connectivity index (χ4v) is 2.70. The van der Waals surface area contributed by atoms with Crippen LogP contribution in [0.2, 0.25) is 0 Å². The van der Waals surface area contributed by atoms with E-state index in [2.05, 4.69) is 9.64 Å². The van der Waals surface area contributed by atoms with Crippen molar-refractivity contribution in [2.45, 2.75) is 6.42 Å². The predicted molar refractivity (Wildman–Crippen MR) is 99.0 cm³/mol. The van der Waals surface area contributed by atoms with E-state index in [4.69, 9.17) is 14.2 Å². The minimum Gasteiger partial charge on any atom is -0.497 e. The van der Waals surface area contributed by atoms with E-state index in [1.54, 1.807) is 36.3 Å². The lowest BCUT2D eigenvalue weighted by molar-refractivity contribution is -0.142. The Morgan fingerprint density at radius 1 is 1.15 bits per heavy atom. The molecule has 0 spiro atoms. The molecule has 1 aliphatic rings. The summed E-state index contributed by atoms with van der Waals surface area (Å²) in [6.07, 6.45) is 0.157. The molecule has 0 aliphatic carbocycles. The average Bonchev–Trinajstić information content (AvgIpc) is 2.72. The highest BCUT2D eigenvalue weighted by Crippen LogP contribution is 2.18. The highest BCUT2D eigenvalue weighted by Gasteiger charge is 2.18. The summed E-state index contributed by atoms with van der Waals surface area (Å²) in [5, 5.41) is 0. The molecule has 8 nitrogen and oxygen atoms in total. The standard InChI is InChI=1S/C19H28N2O6/c1-24-16-4-3-5-17(14-16)27-15-18(22)21(7-6-19(23)25-2)9-8-20-10-12-26-13-11-20/h3-5,14H,6-13,15H2,1-2H3. The second-order valence-electron chi connectivity index (χ2n) is 6.13. The van der Waals surface area contributed by atoms with E-state index in [0.29, 0.717) is 37.8 Å². The van der Waals surface area contributed by atoms with Gasteiger partial charge >= 0.3 is 5.97 Å². The van der Waals surface area contributed by atoms with Gasteiger partial charge in [-0.05, 0) is 12.1 Å². The van der Waals surface area contributed by atoms with E-state index in [9.17, 15) is 9.59 Å². The maximum absolute atomic E-state index is 12.6. The molecule has 8 heteroatoms. The Morgan fingerprint density at radius 2 is 1.89 bits per heavy atom. The molecule has 0 radical (unpaired) electrons. The fraction of sp³-hybridized carbons (Fsp3) is 0.579. The third-order valence-corrected chi connectivity index (χ3v) is 4.36. The molecule has 1 saturated heterocycles. The van der Waals surface area contributed by atoms with Crippen molar-refractivity contribution in [3.63, 3.8) is 0 Å². The molecule has 0 atom stereocenters. The second-order valence-corrected chi connectivity index (χ2v) is 6.13. The molecule has 1 aromatic carbocycles. The lowest BCUT2D eigenvalue weighted by atomic mass is 10.3. The lowest BCUT2D eigenvalue weighted by Gasteiger charge is -2.30. The zero-order chi connectivity index (χ0) is 19.5. The van der Waals surface area contributed by atoms with Crippen LogP contribution < -0.4 is 9.47 Å². The number of carbonyl (C=O) groups is 2. The highest BCUT2D eigenvalue weighted by atomic mass is 16.5. The highest BCUT2D eigenvalue weighted by molar-refractivity contribution is 5.78. The quantitative estimate of drug-likeness (QED) is 0.556. The molecule has 1 aromatic rings. The van der Waals surface area contributed by atoms with Gasteiger partial charge in [0.2, 0.25) is 0 Å². The first kappa shape index (κ1) is 21.0. The molecular weight excluding hydrogens is 352 g/mol. The van der Waals surface area contributed by atoms with Crippen LogP contribution in [0, 0.1) is 0 Å². The number of carbonyl (C=O) groups excluding carboxylic acids is 2. The van der Waals surface area contributed by atoms with Gasteiger partial charge in [-0.1, -0.05) is 6.07 Å². The number of methoxy groups -OCH3 is 2. The summed E-state index contributed by atoms with van der Waals surface area (Å²) in [7, 11) is 2.92. The topological polar surface area (TPSA) is 77.5 Å². The minimum atomic E-state index is -0.340. The van der Waals surface area contributed by atoms with Gasteiger partial charge in [-0.3, -0.25) is 14.5 Å². The van der Waals surface area contributed by atoms with Gasteiger partial charge < -0.3 is 23.8 Å². The van der Waals surface area contributed by atoms with Crippen molar-refractivity contribution in [3.05, 3.63) is 24.3 Å². The number of ether oxygens (including phenoxy) is 4. The molecule has 0 N–H and O–H groups in total. The van der Waals surface area contributed by atoms with E-state index in [1.165, 1.54) is 7.11 Å². The van der Waals surface area contributed by atoms with Crippen molar-refractivity contribution in [2.75, 3.05) is 66.8 Å². The summed E-state index contributed by atoms with van der Waals surface area (Å²) >= 11 is 0. The Kier molecular flexibility index (Phi) is 8.86. The van der Waals surface area contributed by atoms with Crippen molar-refractivity contribution >= 4 is 11.9 Å². The van der Waals surface area contributed by atoms with E-state index in [-0.39, 0.29) is 24.9 Å². The molecule has 27 heavy (non-hydrogen) atoms. The molecular formula is C19H28N2O6. The first-order valence-corrected chi connectivity index (χ1v) is 9.04. The summed E-state index contributed by atoms with van der Waals surface area (Å²) in [5.41, 5.74) is 0. The maximum atomic E-state index is 12.6. The van der Waals surface area contributed by atoms with Gasteiger partial charge in [0.05, 0.1) is 33.9 Å². The molecule has 1 fully saturated rings. The average molecular weight is 380 g/mol. The molecule has 2 rings (SSSR count). The number of hydrogen-bond donors (Lipinski definition) is 0. The zero-order valence-electron chi connectivity index (χ0n) is 16.0. The fourth-order valence-electron chi connectivity index (χ4n) is 2.70. The van der Waals surface area contributed by atoms with Gasteiger partial charge in [0.1, 0.15) is 11.5 Å². The molecule has 150 valence electrons. The molecule has 0 unspecified atom stereocenters. The summed E-state index contributed by atoms with van der Waals surface area (Å²) in [6, 6.07) is 7.09. The van der Waals surface area contributed by atoms with Crippen LogP contribution in [-0.4, -0.2) is 88.4 Å². The van der Waals surface area contributed by atoms with Crippen LogP contribution in [0.15, 0.2) is 24.3 Å². The Bertz CT molecular complexity index is 604. The van der Waals surface area contributed by atoms with Crippen molar-refractivity contribution in [1.82, 2.24) is 9.80 Å².